The Labute approximate surface area is 101 Å². The first-order chi connectivity index (χ1) is 7.78. The highest BCUT2D eigenvalue weighted by atomic mass is 32.1. The van der Waals surface area contributed by atoms with Crippen LogP contribution in [0.5, 0.6) is 0 Å². The molecule has 3 heteroatoms. The van der Waals surface area contributed by atoms with Crippen LogP contribution in [0.4, 0.5) is 0 Å². The topological polar surface area (TPSA) is 36.7 Å². The van der Waals surface area contributed by atoms with Crippen molar-refractivity contribution >= 4 is 11.3 Å². The summed E-state index contributed by atoms with van der Waals surface area (Å²) in [5.41, 5.74) is 2.83. The molecule has 1 aliphatic carbocycles. The van der Waals surface area contributed by atoms with Gasteiger partial charge in [-0.25, -0.2) is 4.98 Å². The van der Waals surface area contributed by atoms with Crippen molar-refractivity contribution in [3.05, 3.63) is 16.6 Å². The average molecular weight is 234 g/mol. The van der Waals surface area contributed by atoms with E-state index in [1.165, 1.54) is 19.3 Å². The van der Waals surface area contributed by atoms with Crippen molar-refractivity contribution in [2.24, 2.45) is 11.3 Å². The van der Waals surface area contributed by atoms with Gasteiger partial charge in [0.05, 0.1) is 22.7 Å². The molecule has 2 nitrogen and oxygen atoms in total. The molecule has 0 N–H and O–H groups in total. The Hall–Kier alpha value is -0.880. The van der Waals surface area contributed by atoms with Crippen LogP contribution >= 0.6 is 11.3 Å². The number of rotatable bonds is 3. The molecule has 0 aromatic carbocycles. The van der Waals surface area contributed by atoms with Gasteiger partial charge in [0.25, 0.3) is 0 Å². The molecule has 0 radical (unpaired) electrons. The lowest BCUT2D eigenvalue weighted by atomic mass is 9.68. The van der Waals surface area contributed by atoms with E-state index in [0.29, 0.717) is 0 Å². The SMILES string of the molecule is CCC1CCC(C#N)(Cc2cscn2)CC1. The van der Waals surface area contributed by atoms with Gasteiger partial charge in [-0.1, -0.05) is 13.3 Å². The van der Waals surface area contributed by atoms with E-state index in [2.05, 4.69) is 23.4 Å². The van der Waals surface area contributed by atoms with Crippen LogP contribution in [0.15, 0.2) is 10.9 Å². The molecule has 16 heavy (non-hydrogen) atoms. The zero-order valence-electron chi connectivity index (χ0n) is 9.78. The highest BCUT2D eigenvalue weighted by molar-refractivity contribution is 7.07. The zero-order valence-corrected chi connectivity index (χ0v) is 10.6. The summed E-state index contributed by atoms with van der Waals surface area (Å²) in [5, 5.41) is 11.5. The second-order valence-corrected chi connectivity index (χ2v) is 5.62. The molecule has 0 atom stereocenters. The molecule has 1 aliphatic rings. The third-order valence-corrected chi connectivity index (χ3v) is 4.52. The molecular formula is C13H18N2S. The highest BCUT2D eigenvalue weighted by Crippen LogP contribution is 2.41. The molecule has 1 aromatic heterocycles. The van der Waals surface area contributed by atoms with Crippen molar-refractivity contribution in [3.63, 3.8) is 0 Å². The normalized spacial score (nSPS) is 29.9. The Kier molecular flexibility index (Phi) is 3.60. The van der Waals surface area contributed by atoms with E-state index < -0.39 is 0 Å². The average Bonchev–Trinajstić information content (AvgIpc) is 2.83. The first-order valence-electron chi connectivity index (χ1n) is 6.06. The monoisotopic (exact) mass is 234 g/mol. The second-order valence-electron chi connectivity index (χ2n) is 4.90. The largest absolute Gasteiger partial charge is 0.250 e. The molecule has 1 aromatic rings. The van der Waals surface area contributed by atoms with Crippen molar-refractivity contribution in [2.45, 2.75) is 45.4 Å². The Morgan fingerprint density at radius 1 is 1.56 bits per heavy atom. The summed E-state index contributed by atoms with van der Waals surface area (Å²) < 4.78 is 0. The smallest absolute Gasteiger partial charge is 0.0794 e. The van der Waals surface area contributed by atoms with E-state index in [-0.39, 0.29) is 5.41 Å². The Morgan fingerprint density at radius 2 is 2.31 bits per heavy atom. The quantitative estimate of drug-likeness (QED) is 0.797. The maximum Gasteiger partial charge on any atom is 0.0794 e. The number of thiazole rings is 1. The minimum atomic E-state index is -0.125. The first-order valence-corrected chi connectivity index (χ1v) is 7.00. The predicted molar refractivity (Wildman–Crippen MR) is 66.1 cm³/mol. The van der Waals surface area contributed by atoms with Gasteiger partial charge in [0.2, 0.25) is 0 Å². The minimum absolute atomic E-state index is 0.125. The molecule has 1 fully saturated rings. The van der Waals surface area contributed by atoms with Gasteiger partial charge in [0.15, 0.2) is 0 Å². The third-order valence-electron chi connectivity index (χ3n) is 3.88. The zero-order chi connectivity index (χ0) is 11.4. The summed E-state index contributed by atoms with van der Waals surface area (Å²) in [7, 11) is 0. The van der Waals surface area contributed by atoms with Gasteiger partial charge < -0.3 is 0 Å². The van der Waals surface area contributed by atoms with E-state index in [0.717, 1.165) is 30.9 Å². The molecule has 0 bridgehead atoms. The minimum Gasteiger partial charge on any atom is -0.250 e. The maximum atomic E-state index is 9.42. The van der Waals surface area contributed by atoms with Crippen molar-refractivity contribution in [1.82, 2.24) is 4.98 Å². The summed E-state index contributed by atoms with van der Waals surface area (Å²) in [6.07, 6.45) is 6.66. The van der Waals surface area contributed by atoms with Gasteiger partial charge in [0.1, 0.15) is 0 Å². The maximum absolute atomic E-state index is 9.42. The molecule has 2 rings (SSSR count). The van der Waals surface area contributed by atoms with E-state index in [9.17, 15) is 5.26 Å². The molecule has 0 unspecified atom stereocenters. The van der Waals surface area contributed by atoms with Crippen molar-refractivity contribution in [3.8, 4) is 6.07 Å². The molecule has 0 saturated heterocycles. The van der Waals surface area contributed by atoms with E-state index >= 15 is 0 Å². The van der Waals surface area contributed by atoms with Crippen molar-refractivity contribution < 1.29 is 0 Å². The number of nitriles is 1. The fourth-order valence-corrected chi connectivity index (χ4v) is 3.20. The number of aromatic nitrogens is 1. The van der Waals surface area contributed by atoms with E-state index in [4.69, 9.17) is 0 Å². The molecule has 86 valence electrons. The summed E-state index contributed by atoms with van der Waals surface area (Å²) in [5.74, 6) is 0.844. The van der Waals surface area contributed by atoms with Gasteiger partial charge in [-0.15, -0.1) is 11.3 Å². The molecule has 0 spiro atoms. The van der Waals surface area contributed by atoms with Gasteiger partial charge in [-0.05, 0) is 31.6 Å². The molecule has 1 saturated carbocycles. The lowest BCUT2D eigenvalue weighted by Gasteiger charge is -2.34. The fourth-order valence-electron chi connectivity index (χ4n) is 2.64. The van der Waals surface area contributed by atoms with Crippen LogP contribution in [0.25, 0.3) is 0 Å². The van der Waals surface area contributed by atoms with Crippen molar-refractivity contribution in [1.29, 1.82) is 5.26 Å². The lowest BCUT2D eigenvalue weighted by molar-refractivity contribution is 0.204. The van der Waals surface area contributed by atoms with Crippen LogP contribution < -0.4 is 0 Å². The van der Waals surface area contributed by atoms with Crippen LogP contribution in [0.1, 0.15) is 44.7 Å². The predicted octanol–water partition coefficient (Wildman–Crippen LogP) is 3.80. The summed E-state index contributed by atoms with van der Waals surface area (Å²) in [6, 6.07) is 2.56. The van der Waals surface area contributed by atoms with Crippen LogP contribution in [-0.4, -0.2) is 4.98 Å². The standard InChI is InChI=1S/C13H18N2S/c1-2-11-3-5-13(9-14,6-4-11)7-12-8-16-10-15-12/h8,10-11H,2-7H2,1H3. The van der Waals surface area contributed by atoms with Gasteiger partial charge in [0, 0.05) is 11.8 Å². The van der Waals surface area contributed by atoms with Crippen molar-refractivity contribution in [2.75, 3.05) is 0 Å². The van der Waals surface area contributed by atoms with Crippen LogP contribution in [0, 0.1) is 22.7 Å². The number of nitrogens with zero attached hydrogens (tertiary/aromatic N) is 2. The second kappa shape index (κ2) is 4.97. The van der Waals surface area contributed by atoms with Crippen LogP contribution in [0.3, 0.4) is 0 Å². The van der Waals surface area contributed by atoms with Gasteiger partial charge in [-0.3, -0.25) is 0 Å². The molecule has 0 aliphatic heterocycles. The fraction of sp³-hybridized carbons (Fsp3) is 0.692. The molecule has 0 amide bonds. The highest BCUT2D eigenvalue weighted by Gasteiger charge is 2.35. The van der Waals surface area contributed by atoms with E-state index in [1.54, 1.807) is 11.3 Å². The van der Waals surface area contributed by atoms with Gasteiger partial charge >= 0.3 is 0 Å². The van der Waals surface area contributed by atoms with E-state index in [1.807, 2.05) is 5.51 Å². The number of hydrogen-bond donors (Lipinski definition) is 0. The molecule has 1 heterocycles. The summed E-state index contributed by atoms with van der Waals surface area (Å²) in [4.78, 5) is 4.31. The lowest BCUT2D eigenvalue weighted by Crippen LogP contribution is -2.28. The molecular weight excluding hydrogens is 216 g/mol. The Balaban J connectivity index is 2.02. The number of hydrogen-bond acceptors (Lipinski definition) is 3. The first kappa shape index (κ1) is 11.6. The van der Waals surface area contributed by atoms with Crippen LogP contribution in [-0.2, 0) is 6.42 Å². The third kappa shape index (κ3) is 2.44. The van der Waals surface area contributed by atoms with Gasteiger partial charge in [-0.2, -0.15) is 5.26 Å². The summed E-state index contributed by atoms with van der Waals surface area (Å²) >= 11 is 1.62. The summed E-state index contributed by atoms with van der Waals surface area (Å²) in [6.45, 7) is 2.25. The Morgan fingerprint density at radius 3 is 2.81 bits per heavy atom. The Bertz CT molecular complexity index is 356. The van der Waals surface area contributed by atoms with Crippen LogP contribution in [0.2, 0.25) is 0 Å².